The van der Waals surface area contributed by atoms with E-state index in [1.165, 1.54) is 0 Å². The third-order valence-corrected chi connectivity index (χ3v) is 4.86. The van der Waals surface area contributed by atoms with E-state index in [0.717, 1.165) is 39.0 Å². The zero-order chi connectivity index (χ0) is 21.6. The van der Waals surface area contributed by atoms with Crippen LogP contribution in [-0.4, -0.2) is 32.0 Å². The summed E-state index contributed by atoms with van der Waals surface area (Å²) in [5.41, 5.74) is 3.90. The number of aromatic nitrogens is 2. The Bertz CT molecular complexity index is 1160. The molecular formula is C24H23BN2O4. The smallest absolute Gasteiger partial charge is 0.320 e. The molecule has 4 rings (SSSR count). The highest BCUT2D eigenvalue weighted by Crippen LogP contribution is 2.26. The molecule has 6 nitrogen and oxygen atoms in total. The fourth-order valence-corrected chi connectivity index (χ4v) is 3.11. The third kappa shape index (κ3) is 5.06. The van der Waals surface area contributed by atoms with Gasteiger partial charge < -0.3 is 18.9 Å². The van der Waals surface area contributed by atoms with Crippen molar-refractivity contribution < 1.29 is 18.9 Å². The first-order valence-corrected chi connectivity index (χ1v) is 9.94. The van der Waals surface area contributed by atoms with Crippen LogP contribution in [0.5, 0.6) is 23.4 Å². The van der Waals surface area contributed by atoms with Crippen molar-refractivity contribution in [3.63, 3.8) is 0 Å². The molecule has 31 heavy (non-hydrogen) atoms. The molecule has 156 valence electrons. The van der Waals surface area contributed by atoms with Gasteiger partial charge in [0.1, 0.15) is 32.6 Å². The average molecular weight is 414 g/mol. The van der Waals surface area contributed by atoms with Gasteiger partial charge in [-0.2, -0.15) is 9.97 Å². The Kier molecular flexibility index (Phi) is 6.22. The zero-order valence-corrected chi connectivity index (χ0v) is 17.8. The minimum Gasteiger partial charge on any atom is -0.497 e. The Hall–Kier alpha value is -3.74. The maximum Gasteiger partial charge on any atom is 0.320 e. The summed E-state index contributed by atoms with van der Waals surface area (Å²) in [4.78, 5) is 9.09. The Morgan fingerprint density at radius 1 is 0.710 bits per heavy atom. The van der Waals surface area contributed by atoms with E-state index in [9.17, 15) is 0 Å². The minimum atomic E-state index is 0.277. The van der Waals surface area contributed by atoms with E-state index in [1.807, 2.05) is 74.6 Å². The highest BCUT2D eigenvalue weighted by atomic mass is 16.5. The molecule has 0 N–H and O–H groups in total. The molecule has 0 fully saturated rings. The van der Waals surface area contributed by atoms with E-state index >= 15 is 0 Å². The fourth-order valence-electron chi connectivity index (χ4n) is 3.11. The highest BCUT2D eigenvalue weighted by molar-refractivity contribution is 6.33. The summed E-state index contributed by atoms with van der Waals surface area (Å²) >= 11 is 0. The van der Waals surface area contributed by atoms with E-state index in [1.54, 1.807) is 14.2 Å². The standard InChI is InChI=1S/C24H23BN2O4/c1-28-19-8-3-16(4-9-19)14-30-23-21-12-7-18(25)13-22(21)26-24(27-23)31-15-17-5-10-20(29-2)11-6-17/h3-13H,14-15,25H2,1-2H3. The molecule has 0 unspecified atom stereocenters. The summed E-state index contributed by atoms with van der Waals surface area (Å²) < 4.78 is 22.3. The lowest BCUT2D eigenvalue weighted by Crippen LogP contribution is -2.06. The third-order valence-electron chi connectivity index (χ3n) is 4.86. The van der Waals surface area contributed by atoms with Crippen molar-refractivity contribution in [3.05, 3.63) is 77.9 Å². The van der Waals surface area contributed by atoms with Crippen LogP contribution in [0.4, 0.5) is 0 Å². The number of nitrogens with zero attached hydrogens (tertiary/aromatic N) is 2. The van der Waals surface area contributed by atoms with E-state index in [-0.39, 0.29) is 6.01 Å². The number of fused-ring (bicyclic) bond motifs is 1. The Morgan fingerprint density at radius 3 is 1.87 bits per heavy atom. The quantitative estimate of drug-likeness (QED) is 0.413. The van der Waals surface area contributed by atoms with Crippen molar-refractivity contribution in [1.29, 1.82) is 0 Å². The molecule has 0 spiro atoms. The van der Waals surface area contributed by atoms with Gasteiger partial charge in [-0.1, -0.05) is 35.8 Å². The molecular weight excluding hydrogens is 391 g/mol. The Labute approximate surface area is 182 Å². The van der Waals surface area contributed by atoms with Gasteiger partial charge in [0, 0.05) is 0 Å². The lowest BCUT2D eigenvalue weighted by Gasteiger charge is -2.12. The predicted molar refractivity (Wildman–Crippen MR) is 122 cm³/mol. The summed E-state index contributed by atoms with van der Waals surface area (Å²) in [5, 5.41) is 0.843. The molecule has 0 radical (unpaired) electrons. The molecule has 4 aromatic rings. The van der Waals surface area contributed by atoms with Crippen LogP contribution in [-0.2, 0) is 13.2 Å². The van der Waals surface area contributed by atoms with Gasteiger partial charge >= 0.3 is 6.01 Å². The highest BCUT2D eigenvalue weighted by Gasteiger charge is 2.11. The lowest BCUT2D eigenvalue weighted by atomic mass is 9.95. The van der Waals surface area contributed by atoms with Crippen molar-refractivity contribution in [1.82, 2.24) is 9.97 Å². The molecule has 1 aromatic heterocycles. The molecule has 7 heteroatoms. The SMILES string of the molecule is Bc1ccc2c(OCc3ccc(OC)cc3)nc(OCc3ccc(OC)cc3)nc2c1. The van der Waals surface area contributed by atoms with Gasteiger partial charge in [0.2, 0.25) is 5.88 Å². The van der Waals surface area contributed by atoms with Crippen LogP contribution < -0.4 is 24.4 Å². The molecule has 1 heterocycles. The van der Waals surface area contributed by atoms with Gasteiger partial charge in [0.25, 0.3) is 0 Å². The summed E-state index contributed by atoms with van der Waals surface area (Å²) in [7, 11) is 5.31. The normalized spacial score (nSPS) is 10.6. The van der Waals surface area contributed by atoms with Gasteiger partial charge in [-0.05, 0) is 47.5 Å². The van der Waals surface area contributed by atoms with Crippen LogP contribution in [0.1, 0.15) is 11.1 Å². The lowest BCUT2D eigenvalue weighted by molar-refractivity contribution is 0.262. The first-order chi connectivity index (χ1) is 15.1. The van der Waals surface area contributed by atoms with Crippen LogP contribution in [0.2, 0.25) is 0 Å². The fraction of sp³-hybridized carbons (Fsp3) is 0.167. The van der Waals surface area contributed by atoms with Crippen LogP contribution in [0.3, 0.4) is 0 Å². The van der Waals surface area contributed by atoms with Gasteiger partial charge in [-0.15, -0.1) is 0 Å². The van der Waals surface area contributed by atoms with Crippen molar-refractivity contribution in [2.75, 3.05) is 14.2 Å². The van der Waals surface area contributed by atoms with Gasteiger partial charge in [-0.25, -0.2) is 0 Å². The topological polar surface area (TPSA) is 62.7 Å². The van der Waals surface area contributed by atoms with Gasteiger partial charge in [0.15, 0.2) is 0 Å². The maximum absolute atomic E-state index is 6.05. The Balaban J connectivity index is 1.55. The van der Waals surface area contributed by atoms with Crippen molar-refractivity contribution in [2.24, 2.45) is 0 Å². The van der Waals surface area contributed by atoms with E-state index in [2.05, 4.69) is 9.97 Å². The van der Waals surface area contributed by atoms with Gasteiger partial charge in [-0.3, -0.25) is 0 Å². The average Bonchev–Trinajstić information content (AvgIpc) is 2.81. The van der Waals surface area contributed by atoms with Crippen LogP contribution >= 0.6 is 0 Å². The first kappa shape index (κ1) is 20.5. The minimum absolute atomic E-state index is 0.277. The second kappa shape index (κ2) is 9.39. The van der Waals surface area contributed by atoms with E-state index in [0.29, 0.717) is 19.1 Å². The molecule has 0 aliphatic rings. The molecule has 0 saturated heterocycles. The van der Waals surface area contributed by atoms with Crippen molar-refractivity contribution in [2.45, 2.75) is 13.2 Å². The summed E-state index contributed by atoms with van der Waals surface area (Å²) in [6, 6.07) is 21.7. The second-order valence-electron chi connectivity index (χ2n) is 7.11. The molecule has 0 bridgehead atoms. The maximum atomic E-state index is 6.05. The first-order valence-electron chi connectivity index (χ1n) is 9.94. The van der Waals surface area contributed by atoms with Crippen LogP contribution in [0, 0.1) is 0 Å². The number of hydrogen-bond acceptors (Lipinski definition) is 6. The molecule has 0 aliphatic carbocycles. The van der Waals surface area contributed by atoms with Crippen molar-refractivity contribution in [3.8, 4) is 23.4 Å². The number of hydrogen-bond donors (Lipinski definition) is 0. The monoisotopic (exact) mass is 414 g/mol. The van der Waals surface area contributed by atoms with Crippen LogP contribution in [0.15, 0.2) is 66.7 Å². The van der Waals surface area contributed by atoms with E-state index in [4.69, 9.17) is 18.9 Å². The number of ether oxygens (including phenoxy) is 4. The number of benzene rings is 3. The summed E-state index contributed by atoms with van der Waals surface area (Å²) in [6.45, 7) is 0.723. The molecule has 0 aliphatic heterocycles. The summed E-state index contributed by atoms with van der Waals surface area (Å²) in [6.07, 6.45) is 0. The van der Waals surface area contributed by atoms with Gasteiger partial charge in [0.05, 0.1) is 25.1 Å². The predicted octanol–water partition coefficient (Wildman–Crippen LogP) is 3.06. The number of methoxy groups -OCH3 is 2. The molecule has 0 saturated carbocycles. The molecule has 0 amide bonds. The molecule has 0 atom stereocenters. The van der Waals surface area contributed by atoms with E-state index < -0.39 is 0 Å². The number of rotatable bonds is 8. The largest absolute Gasteiger partial charge is 0.497 e. The zero-order valence-electron chi connectivity index (χ0n) is 17.8. The summed E-state index contributed by atoms with van der Waals surface area (Å²) in [5.74, 6) is 2.10. The van der Waals surface area contributed by atoms with Crippen molar-refractivity contribution >= 4 is 24.2 Å². The molecule has 3 aromatic carbocycles. The Morgan fingerprint density at radius 2 is 1.29 bits per heavy atom. The second-order valence-corrected chi connectivity index (χ2v) is 7.11. The van der Waals surface area contributed by atoms with Crippen LogP contribution in [0.25, 0.3) is 10.9 Å².